The number of anilines is 1. The van der Waals surface area contributed by atoms with Gasteiger partial charge in [0.05, 0.1) is 12.2 Å². The van der Waals surface area contributed by atoms with Gasteiger partial charge in [-0.05, 0) is 86.4 Å². The number of benzene rings is 3. The van der Waals surface area contributed by atoms with Crippen LogP contribution in [0.2, 0.25) is 0 Å². The molecule has 0 aromatic heterocycles. The number of hydrogen-bond acceptors (Lipinski definition) is 4. The predicted octanol–water partition coefficient (Wildman–Crippen LogP) is 8.04. The molecule has 0 bridgehead atoms. The van der Waals surface area contributed by atoms with Gasteiger partial charge >= 0.3 is 0 Å². The van der Waals surface area contributed by atoms with Crippen molar-refractivity contribution in [3.05, 3.63) is 106 Å². The standard InChI is InChI=1S/C37H44N2O3/c1-4-6-7-10-26-15-19-28(20-16-26)33-32(27-17-13-25(3)14-18-27)34(37(41)39-35(33)29-11-8-9-12-29)36(40)38-30-21-23-31(24-22-30)42-5-2/h13-24,29,37,39,41H,4-12H2,1-3H3,(H,38,40). The van der Waals surface area contributed by atoms with Crippen molar-refractivity contribution in [1.29, 1.82) is 0 Å². The quantitative estimate of drug-likeness (QED) is 0.206. The lowest BCUT2D eigenvalue weighted by Gasteiger charge is -2.34. The van der Waals surface area contributed by atoms with Crippen LogP contribution in [0.5, 0.6) is 5.75 Å². The van der Waals surface area contributed by atoms with Gasteiger partial charge in [0.15, 0.2) is 6.23 Å². The fourth-order valence-corrected chi connectivity index (χ4v) is 6.21. The monoisotopic (exact) mass is 564 g/mol. The van der Waals surface area contributed by atoms with E-state index in [9.17, 15) is 9.90 Å². The number of unbranched alkanes of at least 4 members (excludes halogenated alkanes) is 2. The Hall–Kier alpha value is -3.83. The molecular weight excluding hydrogens is 520 g/mol. The summed E-state index contributed by atoms with van der Waals surface area (Å²) in [7, 11) is 0. The summed E-state index contributed by atoms with van der Waals surface area (Å²) in [5.74, 6) is 0.739. The number of dihydropyridines is 1. The van der Waals surface area contributed by atoms with Crippen LogP contribution in [-0.4, -0.2) is 23.8 Å². The number of hydrogen-bond donors (Lipinski definition) is 3. The smallest absolute Gasteiger partial charge is 0.256 e. The fraction of sp³-hybridized carbons (Fsp3) is 0.378. The molecular formula is C37H44N2O3. The predicted molar refractivity (Wildman–Crippen MR) is 172 cm³/mol. The van der Waals surface area contributed by atoms with Crippen LogP contribution in [0.1, 0.15) is 81.0 Å². The molecule has 1 atom stereocenters. The van der Waals surface area contributed by atoms with Crippen molar-refractivity contribution in [2.75, 3.05) is 11.9 Å². The summed E-state index contributed by atoms with van der Waals surface area (Å²) in [6, 6.07) is 24.5. The first-order chi connectivity index (χ1) is 20.5. The zero-order chi connectivity index (χ0) is 29.5. The second-order valence-corrected chi connectivity index (χ2v) is 11.5. The average Bonchev–Trinajstić information content (AvgIpc) is 3.54. The lowest BCUT2D eigenvalue weighted by molar-refractivity contribution is -0.113. The molecule has 2 aliphatic rings. The number of aliphatic hydroxyl groups excluding tert-OH is 1. The van der Waals surface area contributed by atoms with Gasteiger partial charge in [-0.2, -0.15) is 0 Å². The third kappa shape index (κ3) is 6.79. The normalized spacial score (nSPS) is 17.4. The van der Waals surface area contributed by atoms with Gasteiger partial charge in [-0.25, -0.2) is 0 Å². The number of ether oxygens (including phenoxy) is 1. The molecule has 1 heterocycles. The minimum Gasteiger partial charge on any atom is -0.494 e. The van der Waals surface area contributed by atoms with Crippen LogP contribution in [0.3, 0.4) is 0 Å². The first-order valence-corrected chi connectivity index (χ1v) is 15.6. The summed E-state index contributed by atoms with van der Waals surface area (Å²) in [5.41, 5.74) is 8.31. The highest BCUT2D eigenvalue weighted by molar-refractivity contribution is 6.20. The Morgan fingerprint density at radius 2 is 1.52 bits per heavy atom. The van der Waals surface area contributed by atoms with Gasteiger partial charge in [0.2, 0.25) is 0 Å². The van der Waals surface area contributed by atoms with E-state index < -0.39 is 6.23 Å². The maximum atomic E-state index is 14.0. The Kier molecular flexibility index (Phi) is 9.81. The summed E-state index contributed by atoms with van der Waals surface area (Å²) in [4.78, 5) is 14.0. The second kappa shape index (κ2) is 13.9. The van der Waals surface area contributed by atoms with Crippen LogP contribution in [0.4, 0.5) is 5.69 Å². The van der Waals surface area contributed by atoms with E-state index in [2.05, 4.69) is 73.0 Å². The molecule has 1 saturated carbocycles. The first-order valence-electron chi connectivity index (χ1n) is 15.6. The number of nitrogens with one attached hydrogen (secondary N) is 2. The number of amides is 1. The molecule has 0 spiro atoms. The molecule has 5 nitrogen and oxygen atoms in total. The third-order valence-corrected chi connectivity index (χ3v) is 8.44. The van der Waals surface area contributed by atoms with E-state index in [4.69, 9.17) is 4.74 Å². The summed E-state index contributed by atoms with van der Waals surface area (Å²) in [5, 5.41) is 18.0. The molecule has 5 rings (SSSR count). The second-order valence-electron chi connectivity index (χ2n) is 11.5. The van der Waals surface area contributed by atoms with Gasteiger partial charge in [0.1, 0.15) is 5.75 Å². The molecule has 1 aliphatic carbocycles. The molecule has 3 aromatic carbocycles. The molecule has 42 heavy (non-hydrogen) atoms. The highest BCUT2D eigenvalue weighted by Gasteiger charge is 2.36. The highest BCUT2D eigenvalue weighted by atomic mass is 16.5. The van der Waals surface area contributed by atoms with Crippen molar-refractivity contribution in [2.24, 2.45) is 5.92 Å². The Morgan fingerprint density at radius 1 is 0.881 bits per heavy atom. The Bertz CT molecular complexity index is 1410. The van der Waals surface area contributed by atoms with Gasteiger partial charge in [-0.15, -0.1) is 0 Å². The highest BCUT2D eigenvalue weighted by Crippen LogP contribution is 2.45. The van der Waals surface area contributed by atoms with Crippen LogP contribution in [0, 0.1) is 12.8 Å². The van der Waals surface area contributed by atoms with Gasteiger partial charge < -0.3 is 20.5 Å². The number of aliphatic hydroxyl groups is 1. The van der Waals surface area contributed by atoms with Gasteiger partial charge in [0, 0.05) is 22.5 Å². The first kappa shape index (κ1) is 29.7. The molecule has 0 radical (unpaired) electrons. The molecule has 1 amide bonds. The zero-order valence-corrected chi connectivity index (χ0v) is 25.2. The fourth-order valence-electron chi connectivity index (χ4n) is 6.21. The summed E-state index contributed by atoms with van der Waals surface area (Å²) in [6.45, 7) is 6.81. The van der Waals surface area contributed by atoms with E-state index in [0.717, 1.165) is 58.5 Å². The number of carbonyl (C=O) groups excluding carboxylic acids is 1. The van der Waals surface area contributed by atoms with Gasteiger partial charge in [-0.3, -0.25) is 4.79 Å². The van der Waals surface area contributed by atoms with E-state index in [1.54, 1.807) is 0 Å². The molecule has 3 aromatic rings. The number of aryl methyl sites for hydroxylation is 2. The van der Waals surface area contributed by atoms with Crippen molar-refractivity contribution in [3.8, 4) is 5.75 Å². The molecule has 1 unspecified atom stereocenters. The van der Waals surface area contributed by atoms with Crippen molar-refractivity contribution >= 4 is 22.7 Å². The number of rotatable bonds is 11. The molecule has 1 aliphatic heterocycles. The lowest BCUT2D eigenvalue weighted by Crippen LogP contribution is -2.41. The van der Waals surface area contributed by atoms with E-state index in [1.165, 1.54) is 37.7 Å². The van der Waals surface area contributed by atoms with Gasteiger partial charge in [0.25, 0.3) is 5.91 Å². The topological polar surface area (TPSA) is 70.6 Å². The Balaban J connectivity index is 1.62. The van der Waals surface area contributed by atoms with E-state index >= 15 is 0 Å². The summed E-state index contributed by atoms with van der Waals surface area (Å²) < 4.78 is 5.56. The molecule has 1 fully saturated rings. The molecule has 3 N–H and O–H groups in total. The van der Waals surface area contributed by atoms with Crippen molar-refractivity contribution in [3.63, 3.8) is 0 Å². The summed E-state index contributed by atoms with van der Waals surface area (Å²) in [6.07, 6.45) is 8.04. The van der Waals surface area contributed by atoms with Crippen molar-refractivity contribution in [2.45, 2.75) is 78.4 Å². The summed E-state index contributed by atoms with van der Waals surface area (Å²) >= 11 is 0. The minimum atomic E-state index is -1.13. The minimum absolute atomic E-state index is 0.315. The molecule has 0 saturated heterocycles. The van der Waals surface area contributed by atoms with Crippen molar-refractivity contribution < 1.29 is 14.6 Å². The van der Waals surface area contributed by atoms with E-state index in [1.807, 2.05) is 31.2 Å². The van der Waals surface area contributed by atoms with Crippen molar-refractivity contribution in [1.82, 2.24) is 5.32 Å². The van der Waals surface area contributed by atoms with E-state index in [0.29, 0.717) is 23.8 Å². The van der Waals surface area contributed by atoms with Crippen LogP contribution in [0.25, 0.3) is 11.1 Å². The number of allylic oxidation sites excluding steroid dienone is 3. The maximum absolute atomic E-state index is 14.0. The Labute approximate surface area is 250 Å². The average molecular weight is 565 g/mol. The largest absolute Gasteiger partial charge is 0.494 e. The SMILES string of the molecule is CCCCCc1ccc(C2=C(C3CCCC3)NC(O)C(C(=O)Nc3ccc(OCC)cc3)=C2c2ccc(C)cc2)cc1. The lowest BCUT2D eigenvalue weighted by atomic mass is 9.80. The van der Waals surface area contributed by atoms with Gasteiger partial charge in [-0.1, -0.05) is 86.7 Å². The van der Waals surface area contributed by atoms with Crippen LogP contribution >= 0.6 is 0 Å². The van der Waals surface area contributed by atoms with Crippen LogP contribution in [0.15, 0.2) is 84.1 Å². The maximum Gasteiger partial charge on any atom is 0.256 e. The third-order valence-electron chi connectivity index (χ3n) is 8.44. The zero-order valence-electron chi connectivity index (χ0n) is 25.2. The molecule has 5 heteroatoms. The van der Waals surface area contributed by atoms with Crippen LogP contribution < -0.4 is 15.4 Å². The Morgan fingerprint density at radius 3 is 2.17 bits per heavy atom. The van der Waals surface area contributed by atoms with E-state index in [-0.39, 0.29) is 5.91 Å². The van der Waals surface area contributed by atoms with Crippen LogP contribution in [-0.2, 0) is 11.2 Å². The molecule has 220 valence electrons. The number of carbonyl (C=O) groups is 1.